The van der Waals surface area contributed by atoms with Gasteiger partial charge in [-0.1, -0.05) is 121 Å². The normalized spacial score (nSPS) is 20.2. The minimum atomic E-state index is -1.73. The molecule has 0 heterocycles. The largest absolute Gasteiger partial charge is 0.0722 e. The Morgan fingerprint density at radius 1 is 0.645 bits per heavy atom. The molecule has 0 aromatic heterocycles. The van der Waals surface area contributed by atoms with Gasteiger partial charge < -0.3 is 0 Å². The van der Waals surface area contributed by atoms with Crippen molar-refractivity contribution in [3.63, 3.8) is 0 Å². The zero-order valence-corrected chi connectivity index (χ0v) is 19.9. The lowest BCUT2D eigenvalue weighted by atomic mass is 9.97. The molecule has 5 rings (SSSR count). The summed E-state index contributed by atoms with van der Waals surface area (Å²) in [5, 5.41) is 0. The molecule has 1 heteroatoms. The molecule has 154 valence electrons. The molecule has 3 aromatic carbocycles. The highest BCUT2D eigenvalue weighted by Crippen LogP contribution is 2.52. The van der Waals surface area contributed by atoms with E-state index in [-0.39, 0.29) is 0 Å². The standard InChI is InChI=1S/C30H30Si/c1-21-18-25(23-12-7-5-8-13-23)20-29(21)31(3,4)30-22(2)19-28-26(16-11-17-27(28)30)24-14-9-6-10-15-24/h5-20,29-30H,1-4H3. The van der Waals surface area contributed by atoms with Crippen molar-refractivity contribution < 1.29 is 0 Å². The van der Waals surface area contributed by atoms with E-state index >= 15 is 0 Å². The molecule has 0 nitrogen and oxygen atoms in total. The van der Waals surface area contributed by atoms with Gasteiger partial charge in [-0.2, -0.15) is 0 Å². The number of benzene rings is 3. The minimum absolute atomic E-state index is 0.547. The van der Waals surface area contributed by atoms with Crippen LogP contribution < -0.4 is 0 Å². The molecule has 0 radical (unpaired) electrons. The highest BCUT2D eigenvalue weighted by Gasteiger charge is 2.44. The number of rotatable bonds is 4. The lowest BCUT2D eigenvalue weighted by molar-refractivity contribution is 1.01. The van der Waals surface area contributed by atoms with Gasteiger partial charge in [-0.3, -0.25) is 0 Å². The lowest BCUT2D eigenvalue weighted by Gasteiger charge is -2.37. The summed E-state index contributed by atoms with van der Waals surface area (Å²) >= 11 is 0. The van der Waals surface area contributed by atoms with Crippen LogP contribution in [0.3, 0.4) is 0 Å². The van der Waals surface area contributed by atoms with Gasteiger partial charge in [0.05, 0.1) is 8.07 Å². The molecule has 2 aliphatic carbocycles. The van der Waals surface area contributed by atoms with Gasteiger partial charge >= 0.3 is 0 Å². The van der Waals surface area contributed by atoms with E-state index in [2.05, 4.69) is 124 Å². The maximum atomic E-state index is 2.59. The van der Waals surface area contributed by atoms with Gasteiger partial charge in [0, 0.05) is 5.54 Å². The predicted molar refractivity (Wildman–Crippen MR) is 138 cm³/mol. The van der Waals surface area contributed by atoms with Crippen LogP contribution in [0.2, 0.25) is 18.6 Å². The smallest absolute Gasteiger partial charge is 0.0714 e. The fourth-order valence-corrected chi connectivity index (χ4v) is 10.4. The molecule has 0 aliphatic heterocycles. The number of allylic oxidation sites excluding steroid dienone is 5. The van der Waals surface area contributed by atoms with Gasteiger partial charge in [0.2, 0.25) is 0 Å². The van der Waals surface area contributed by atoms with Crippen LogP contribution in [-0.2, 0) is 0 Å². The Kier molecular flexibility index (Phi) is 4.95. The van der Waals surface area contributed by atoms with E-state index in [1.54, 1.807) is 0 Å². The predicted octanol–water partition coefficient (Wildman–Crippen LogP) is 8.52. The highest BCUT2D eigenvalue weighted by atomic mass is 28.3. The van der Waals surface area contributed by atoms with Crippen LogP contribution in [0.1, 0.15) is 36.1 Å². The van der Waals surface area contributed by atoms with Gasteiger partial charge in [-0.25, -0.2) is 0 Å². The van der Waals surface area contributed by atoms with E-state index in [0.717, 1.165) is 0 Å². The Labute approximate surface area is 187 Å². The van der Waals surface area contributed by atoms with Crippen LogP contribution in [0, 0.1) is 0 Å². The number of fused-ring (bicyclic) bond motifs is 1. The van der Waals surface area contributed by atoms with Crippen LogP contribution in [-0.4, -0.2) is 8.07 Å². The average Bonchev–Trinajstić information content (AvgIpc) is 3.35. The first-order chi connectivity index (χ1) is 15.0. The Bertz CT molecular complexity index is 1210. The molecule has 2 aliphatic rings. The molecule has 0 fully saturated rings. The summed E-state index contributed by atoms with van der Waals surface area (Å²) in [6.07, 6.45) is 7.44. The van der Waals surface area contributed by atoms with Crippen molar-refractivity contribution in [1.82, 2.24) is 0 Å². The first-order valence-corrected chi connectivity index (χ1v) is 14.4. The minimum Gasteiger partial charge on any atom is -0.0722 e. The van der Waals surface area contributed by atoms with Gasteiger partial charge in [0.1, 0.15) is 0 Å². The maximum Gasteiger partial charge on any atom is 0.0714 e. The lowest BCUT2D eigenvalue weighted by Crippen LogP contribution is -2.39. The Balaban J connectivity index is 1.56. The van der Waals surface area contributed by atoms with E-state index in [1.807, 2.05) is 0 Å². The van der Waals surface area contributed by atoms with E-state index in [1.165, 1.54) is 44.5 Å². The van der Waals surface area contributed by atoms with Crippen molar-refractivity contribution in [2.45, 2.75) is 38.0 Å². The third-order valence-electron chi connectivity index (χ3n) is 7.24. The zero-order valence-electron chi connectivity index (χ0n) is 18.9. The van der Waals surface area contributed by atoms with Crippen LogP contribution in [0.4, 0.5) is 0 Å². The molecule has 0 amide bonds. The summed E-state index contributed by atoms with van der Waals surface area (Å²) in [6, 6.07) is 28.6. The summed E-state index contributed by atoms with van der Waals surface area (Å²) in [5.41, 5.74) is 12.5. The van der Waals surface area contributed by atoms with Crippen molar-refractivity contribution in [2.24, 2.45) is 0 Å². The van der Waals surface area contributed by atoms with E-state index in [0.29, 0.717) is 11.1 Å². The molecule has 0 bridgehead atoms. The molecule has 0 N–H and O–H groups in total. The Morgan fingerprint density at radius 3 is 1.97 bits per heavy atom. The second kappa shape index (κ2) is 7.66. The Morgan fingerprint density at radius 2 is 1.29 bits per heavy atom. The third kappa shape index (κ3) is 3.38. The quantitative estimate of drug-likeness (QED) is 0.372. The molecule has 2 atom stereocenters. The fourth-order valence-electron chi connectivity index (χ4n) is 5.89. The van der Waals surface area contributed by atoms with Crippen molar-refractivity contribution in [3.05, 3.63) is 119 Å². The van der Waals surface area contributed by atoms with Crippen molar-refractivity contribution in [2.75, 3.05) is 0 Å². The van der Waals surface area contributed by atoms with Gasteiger partial charge in [0.15, 0.2) is 0 Å². The molecule has 2 unspecified atom stereocenters. The third-order valence-corrected chi connectivity index (χ3v) is 11.7. The van der Waals surface area contributed by atoms with E-state index < -0.39 is 8.07 Å². The van der Waals surface area contributed by atoms with Crippen LogP contribution >= 0.6 is 0 Å². The van der Waals surface area contributed by atoms with E-state index in [9.17, 15) is 0 Å². The van der Waals surface area contributed by atoms with Crippen molar-refractivity contribution >= 4 is 19.7 Å². The monoisotopic (exact) mass is 418 g/mol. The summed E-state index contributed by atoms with van der Waals surface area (Å²) < 4.78 is 0. The van der Waals surface area contributed by atoms with Crippen LogP contribution in [0.5, 0.6) is 0 Å². The summed E-state index contributed by atoms with van der Waals surface area (Å²) in [5.74, 6) is 0. The summed E-state index contributed by atoms with van der Waals surface area (Å²) in [6.45, 7) is 9.86. The molecule has 0 saturated carbocycles. The molecule has 0 saturated heterocycles. The second-order valence-electron chi connectivity index (χ2n) is 9.67. The number of hydrogen-bond donors (Lipinski definition) is 0. The Hall–Kier alpha value is -2.90. The molecule has 0 spiro atoms. The molecule has 31 heavy (non-hydrogen) atoms. The first-order valence-electron chi connectivity index (χ1n) is 11.3. The topological polar surface area (TPSA) is 0 Å². The maximum absolute atomic E-state index is 2.59. The van der Waals surface area contributed by atoms with Crippen molar-refractivity contribution in [3.8, 4) is 11.1 Å². The van der Waals surface area contributed by atoms with Crippen LogP contribution in [0.15, 0.2) is 102 Å². The molecular weight excluding hydrogens is 388 g/mol. The number of hydrogen-bond acceptors (Lipinski definition) is 0. The summed E-state index contributed by atoms with van der Waals surface area (Å²) in [7, 11) is -1.73. The molecular formula is C30H30Si. The van der Waals surface area contributed by atoms with E-state index in [4.69, 9.17) is 0 Å². The second-order valence-corrected chi connectivity index (χ2v) is 14.5. The van der Waals surface area contributed by atoms with Gasteiger partial charge in [-0.05, 0) is 52.8 Å². The van der Waals surface area contributed by atoms with Crippen LogP contribution in [0.25, 0.3) is 22.8 Å². The van der Waals surface area contributed by atoms with Gasteiger partial charge in [0.25, 0.3) is 0 Å². The summed E-state index contributed by atoms with van der Waals surface area (Å²) in [4.78, 5) is 0. The van der Waals surface area contributed by atoms with Gasteiger partial charge in [-0.15, -0.1) is 0 Å². The zero-order chi connectivity index (χ0) is 21.6. The fraction of sp³-hybridized carbons (Fsp3) is 0.200. The SMILES string of the molecule is CC1=CC(c2ccccc2)=CC1[Si](C)(C)C1C(C)=Cc2c(-c3ccccc3)cccc21. The molecule has 3 aromatic rings. The van der Waals surface area contributed by atoms with Crippen molar-refractivity contribution in [1.29, 1.82) is 0 Å². The average molecular weight is 419 g/mol. The first kappa shape index (κ1) is 20.0. The highest BCUT2D eigenvalue weighted by molar-refractivity contribution is 6.82.